The monoisotopic (exact) mass is 303 g/mol. The summed E-state index contributed by atoms with van der Waals surface area (Å²) in [4.78, 5) is 11.5. The molecule has 1 fully saturated rings. The third-order valence-corrected chi connectivity index (χ3v) is 3.28. The van der Waals surface area contributed by atoms with Crippen molar-refractivity contribution in [2.45, 2.75) is 6.10 Å². The maximum atomic E-state index is 11.5. The molecule has 1 amide bonds. The summed E-state index contributed by atoms with van der Waals surface area (Å²) in [6, 6.07) is 2.71. The summed E-state index contributed by atoms with van der Waals surface area (Å²) in [5.74, 6) is 0.245. The zero-order valence-corrected chi connectivity index (χ0v) is 11.3. The highest BCUT2D eigenvalue weighted by Crippen LogP contribution is 2.13. The third kappa shape index (κ3) is 3.63. The highest BCUT2D eigenvalue weighted by atomic mass is 32.2. The summed E-state index contributed by atoms with van der Waals surface area (Å²) in [5.41, 5.74) is 0. The van der Waals surface area contributed by atoms with Gasteiger partial charge in [-0.25, -0.2) is 10.0 Å². The Bertz CT molecular complexity index is 543. The van der Waals surface area contributed by atoms with Crippen molar-refractivity contribution in [1.82, 2.24) is 5.01 Å². The predicted octanol–water partition coefficient (Wildman–Crippen LogP) is -0.784. The Morgan fingerprint density at radius 2 is 2.45 bits per heavy atom. The molecule has 0 spiro atoms. The summed E-state index contributed by atoms with van der Waals surface area (Å²) in [7, 11) is -1.07. The van der Waals surface area contributed by atoms with Crippen LogP contribution in [0.5, 0.6) is 0 Å². The minimum Gasteiger partial charge on any atom is -0.592 e. The third-order valence-electron chi connectivity index (χ3n) is 2.44. The lowest BCUT2D eigenvalue weighted by Crippen LogP contribution is -2.99. The molecule has 9 nitrogen and oxygen atoms in total. The number of hydrogen-bond donors (Lipinski definition) is 2. The quantitative estimate of drug-likeness (QED) is 0.543. The van der Waals surface area contributed by atoms with Crippen molar-refractivity contribution >= 4 is 29.0 Å². The number of cyclic esters (lactones) is 1. The topological polar surface area (TPSA) is 120 Å². The van der Waals surface area contributed by atoms with Crippen molar-refractivity contribution in [2.24, 2.45) is 5.10 Å². The average molecular weight is 303 g/mol. The highest BCUT2D eigenvalue weighted by Gasteiger charge is 2.31. The molecular weight excluding hydrogens is 290 g/mol. The van der Waals surface area contributed by atoms with Crippen molar-refractivity contribution < 1.29 is 28.6 Å². The van der Waals surface area contributed by atoms with Gasteiger partial charge in [-0.3, -0.25) is 4.21 Å². The molecule has 1 saturated heterocycles. The molecule has 1 aliphatic rings. The Morgan fingerprint density at radius 3 is 3.05 bits per heavy atom. The van der Waals surface area contributed by atoms with Crippen LogP contribution in [0.2, 0.25) is 0 Å². The van der Waals surface area contributed by atoms with E-state index in [1.54, 1.807) is 0 Å². The molecule has 2 heterocycles. The van der Waals surface area contributed by atoms with E-state index in [2.05, 4.69) is 5.10 Å². The number of carbonyl (C=O) groups is 1. The summed E-state index contributed by atoms with van der Waals surface area (Å²) >= 11 is 0. The molecule has 3 unspecified atom stereocenters. The lowest BCUT2D eigenvalue weighted by Gasteiger charge is -2.06. The number of furan rings is 1. The fraction of sp³-hybridized carbons (Fsp3) is 0.400. The first-order chi connectivity index (χ1) is 9.45. The molecule has 0 aromatic carbocycles. The number of nitrogens with zero attached hydrogens (tertiary/aromatic N) is 2. The second-order valence-corrected chi connectivity index (χ2v) is 5.56. The van der Waals surface area contributed by atoms with Crippen molar-refractivity contribution in [3.8, 4) is 0 Å². The van der Waals surface area contributed by atoms with Crippen LogP contribution in [-0.2, 0) is 15.5 Å². The first kappa shape index (κ1) is 14.7. The molecule has 1 aromatic rings. The maximum Gasteiger partial charge on any atom is 0.430 e. The van der Waals surface area contributed by atoms with Gasteiger partial charge in [0.05, 0.1) is 18.5 Å². The normalized spacial score (nSPS) is 22.2. The van der Waals surface area contributed by atoms with Crippen molar-refractivity contribution in [3.63, 3.8) is 0 Å². The molecule has 2 rings (SSSR count). The first-order valence-electron chi connectivity index (χ1n) is 5.61. The van der Waals surface area contributed by atoms with Gasteiger partial charge in [0.2, 0.25) is 0 Å². The Balaban J connectivity index is 1.97. The standard InChI is InChI=1S/C10H13N3O6S/c1-20(17)6-8-5-12(10(14)19-8)11-4-7-2-3-9(18-7)13(15)16/h2-4,8,13,15H,5-6H2,1H3/b11-4+. The molecule has 110 valence electrons. The largest absolute Gasteiger partial charge is 0.592 e. The molecule has 0 saturated carbocycles. The number of hydrogen-bond acceptors (Lipinski definition) is 7. The molecule has 0 bridgehead atoms. The fourth-order valence-electron chi connectivity index (χ4n) is 1.61. The van der Waals surface area contributed by atoms with Gasteiger partial charge < -0.3 is 14.4 Å². The van der Waals surface area contributed by atoms with E-state index >= 15 is 0 Å². The van der Waals surface area contributed by atoms with Crippen LogP contribution in [0.25, 0.3) is 0 Å². The van der Waals surface area contributed by atoms with E-state index in [4.69, 9.17) is 14.4 Å². The molecule has 2 N–H and O–H groups in total. The Morgan fingerprint density at radius 1 is 1.70 bits per heavy atom. The number of rotatable bonds is 5. The molecular formula is C10H13N3O6S. The summed E-state index contributed by atoms with van der Waals surface area (Å²) in [5, 5.41) is 23.0. The SMILES string of the molecule is CS(=O)CC1CN(/N=C/c2ccc([NH+]([O-])O)o2)C(=O)O1. The lowest BCUT2D eigenvalue weighted by atomic mass is 10.4. The van der Waals surface area contributed by atoms with Crippen LogP contribution in [-0.4, -0.2) is 51.4 Å². The van der Waals surface area contributed by atoms with E-state index in [0.717, 1.165) is 5.01 Å². The second kappa shape index (κ2) is 6.13. The van der Waals surface area contributed by atoms with Crippen molar-refractivity contribution in [2.75, 3.05) is 18.6 Å². The number of nitrogens with one attached hydrogen (secondary N) is 1. The van der Waals surface area contributed by atoms with E-state index in [0.29, 0.717) is 0 Å². The van der Waals surface area contributed by atoms with E-state index in [1.165, 1.54) is 24.6 Å². The summed E-state index contributed by atoms with van der Waals surface area (Å²) in [6.45, 7) is 0.196. The number of ether oxygens (including phenoxy) is 1. The Kier molecular flexibility index (Phi) is 4.49. The number of hydrazone groups is 1. The van der Waals surface area contributed by atoms with Crippen molar-refractivity contribution in [1.29, 1.82) is 0 Å². The van der Waals surface area contributed by atoms with Crippen LogP contribution in [0.3, 0.4) is 0 Å². The van der Waals surface area contributed by atoms with Gasteiger partial charge in [0.1, 0.15) is 6.10 Å². The minimum atomic E-state index is -1.18. The van der Waals surface area contributed by atoms with E-state index < -0.39 is 28.2 Å². The van der Waals surface area contributed by atoms with Gasteiger partial charge in [0, 0.05) is 23.1 Å². The molecule has 3 atom stereocenters. The van der Waals surface area contributed by atoms with E-state index in [-0.39, 0.29) is 23.9 Å². The molecule has 10 heteroatoms. The summed E-state index contributed by atoms with van der Waals surface area (Å²) < 4.78 is 21.0. The lowest BCUT2D eigenvalue weighted by molar-refractivity contribution is -0.997. The smallest absolute Gasteiger partial charge is 0.430 e. The van der Waals surface area contributed by atoms with Crippen LogP contribution in [0.1, 0.15) is 5.76 Å². The van der Waals surface area contributed by atoms with Gasteiger partial charge in [-0.15, -0.1) is 0 Å². The van der Waals surface area contributed by atoms with Gasteiger partial charge in [-0.05, 0) is 6.07 Å². The van der Waals surface area contributed by atoms with Crippen LogP contribution in [0, 0.1) is 5.21 Å². The Hall–Kier alpha value is -1.75. The van der Waals surface area contributed by atoms with Gasteiger partial charge in [0.25, 0.3) is 0 Å². The van der Waals surface area contributed by atoms with Gasteiger partial charge in [0.15, 0.2) is 5.76 Å². The van der Waals surface area contributed by atoms with Crippen molar-refractivity contribution in [3.05, 3.63) is 23.1 Å². The molecule has 0 aliphatic carbocycles. The van der Waals surface area contributed by atoms with Crippen LogP contribution < -0.4 is 5.23 Å². The average Bonchev–Trinajstić information content (AvgIpc) is 2.93. The predicted molar refractivity (Wildman–Crippen MR) is 68.0 cm³/mol. The van der Waals surface area contributed by atoms with Gasteiger partial charge in [-0.1, -0.05) is 0 Å². The highest BCUT2D eigenvalue weighted by molar-refractivity contribution is 7.84. The van der Waals surface area contributed by atoms with Gasteiger partial charge in [-0.2, -0.15) is 15.3 Å². The van der Waals surface area contributed by atoms with Crippen LogP contribution in [0.15, 0.2) is 21.7 Å². The maximum absolute atomic E-state index is 11.5. The van der Waals surface area contributed by atoms with Crippen LogP contribution >= 0.6 is 0 Å². The number of carbonyl (C=O) groups excluding carboxylic acids is 1. The molecule has 0 radical (unpaired) electrons. The van der Waals surface area contributed by atoms with E-state index in [1.807, 2.05) is 0 Å². The minimum absolute atomic E-state index is 0.196. The molecule has 1 aliphatic heterocycles. The van der Waals surface area contributed by atoms with E-state index in [9.17, 15) is 14.2 Å². The summed E-state index contributed by atoms with van der Waals surface area (Å²) in [6.07, 6.45) is 1.65. The first-order valence-corrected chi connectivity index (χ1v) is 7.33. The fourth-order valence-corrected chi connectivity index (χ4v) is 2.31. The second-order valence-electron chi connectivity index (χ2n) is 4.08. The zero-order valence-electron chi connectivity index (χ0n) is 10.5. The van der Waals surface area contributed by atoms with Gasteiger partial charge >= 0.3 is 12.0 Å². The molecule has 1 aromatic heterocycles. The zero-order chi connectivity index (χ0) is 14.7. The number of quaternary nitrogens is 1. The number of amides is 1. The Labute approximate surface area is 116 Å². The van der Waals surface area contributed by atoms with Crippen LogP contribution in [0.4, 0.5) is 10.7 Å². The molecule has 20 heavy (non-hydrogen) atoms.